The number of aromatic nitrogens is 3. The van der Waals surface area contributed by atoms with Gasteiger partial charge in [0.1, 0.15) is 11.6 Å². The molecule has 3 aromatic rings. The normalized spacial score (nSPS) is 10.6. The molecule has 0 radical (unpaired) electrons. The van der Waals surface area contributed by atoms with Crippen LogP contribution in [0.15, 0.2) is 49.1 Å². The second kappa shape index (κ2) is 5.46. The third kappa shape index (κ3) is 2.55. The molecule has 0 amide bonds. The van der Waals surface area contributed by atoms with E-state index >= 15 is 0 Å². The molecule has 104 valence electrons. The number of halogens is 2. The maximum Gasteiger partial charge on any atom is 0.149 e. The Kier molecular flexibility index (Phi) is 3.50. The molecule has 0 saturated carbocycles. The second-order valence-electron chi connectivity index (χ2n) is 4.34. The predicted molar refractivity (Wildman–Crippen MR) is 80.1 cm³/mol. The van der Waals surface area contributed by atoms with Crippen LogP contribution in [0.2, 0.25) is 5.02 Å². The number of hydrogen-bond donors (Lipinski definition) is 1. The molecule has 0 aliphatic heterocycles. The first-order chi connectivity index (χ1) is 10.2. The van der Waals surface area contributed by atoms with Gasteiger partial charge in [-0.2, -0.15) is 0 Å². The highest BCUT2D eigenvalue weighted by Gasteiger charge is 2.15. The molecule has 3 rings (SSSR count). The maximum atomic E-state index is 14.0. The molecule has 4 nitrogen and oxygen atoms in total. The van der Waals surface area contributed by atoms with E-state index in [-0.39, 0.29) is 10.8 Å². The molecule has 2 N–H and O–H groups in total. The van der Waals surface area contributed by atoms with E-state index in [4.69, 9.17) is 17.3 Å². The Morgan fingerprint density at radius 2 is 1.71 bits per heavy atom. The minimum Gasteiger partial charge on any atom is -0.382 e. The van der Waals surface area contributed by atoms with Crippen LogP contribution < -0.4 is 5.73 Å². The van der Waals surface area contributed by atoms with E-state index in [1.165, 1.54) is 6.20 Å². The third-order valence-electron chi connectivity index (χ3n) is 3.02. The fraction of sp³-hybridized carbons (Fsp3) is 0. The summed E-state index contributed by atoms with van der Waals surface area (Å²) in [6, 6.07) is 6.73. The Morgan fingerprint density at radius 3 is 2.43 bits per heavy atom. The molecule has 0 spiro atoms. The summed E-state index contributed by atoms with van der Waals surface area (Å²) in [7, 11) is 0. The first-order valence-corrected chi connectivity index (χ1v) is 6.51. The molecule has 6 heteroatoms. The summed E-state index contributed by atoms with van der Waals surface area (Å²) in [5.74, 6) is -0.253. The van der Waals surface area contributed by atoms with Gasteiger partial charge in [-0.05, 0) is 24.3 Å². The predicted octanol–water partition coefficient (Wildman–Crippen LogP) is 3.58. The van der Waals surface area contributed by atoms with Gasteiger partial charge in [-0.25, -0.2) is 9.37 Å². The van der Waals surface area contributed by atoms with E-state index in [1.54, 1.807) is 36.7 Å². The van der Waals surface area contributed by atoms with Crippen molar-refractivity contribution in [2.45, 2.75) is 0 Å². The molecule has 0 saturated heterocycles. The van der Waals surface area contributed by atoms with Crippen molar-refractivity contribution in [1.29, 1.82) is 0 Å². The summed E-state index contributed by atoms with van der Waals surface area (Å²) in [6.07, 6.45) is 5.93. The summed E-state index contributed by atoms with van der Waals surface area (Å²) in [5.41, 5.74) is 8.02. The minimum atomic E-state index is -0.449. The van der Waals surface area contributed by atoms with Crippen molar-refractivity contribution >= 4 is 17.4 Å². The van der Waals surface area contributed by atoms with Gasteiger partial charge in [-0.15, -0.1) is 0 Å². The Balaban J connectivity index is 2.30. The zero-order valence-electron chi connectivity index (χ0n) is 10.8. The van der Waals surface area contributed by atoms with Crippen LogP contribution in [0.4, 0.5) is 10.2 Å². The van der Waals surface area contributed by atoms with Crippen molar-refractivity contribution in [1.82, 2.24) is 15.0 Å². The Labute approximate surface area is 125 Å². The number of nitrogen functional groups attached to an aromatic ring is 1. The van der Waals surface area contributed by atoms with Crippen molar-refractivity contribution < 1.29 is 4.39 Å². The van der Waals surface area contributed by atoms with Crippen LogP contribution in [-0.4, -0.2) is 15.0 Å². The number of rotatable bonds is 2. The second-order valence-corrected chi connectivity index (χ2v) is 4.75. The number of nitrogens with two attached hydrogens (primary N) is 1. The third-order valence-corrected chi connectivity index (χ3v) is 3.32. The van der Waals surface area contributed by atoms with Gasteiger partial charge in [-0.1, -0.05) is 11.6 Å². The number of anilines is 1. The summed E-state index contributed by atoms with van der Waals surface area (Å²) in [5, 5.41) is 0.277. The van der Waals surface area contributed by atoms with Crippen LogP contribution in [0.1, 0.15) is 0 Å². The number of pyridine rings is 3. The quantitative estimate of drug-likeness (QED) is 0.785. The van der Waals surface area contributed by atoms with Crippen LogP contribution in [0.25, 0.3) is 22.4 Å². The highest BCUT2D eigenvalue weighted by atomic mass is 35.5. The van der Waals surface area contributed by atoms with Crippen LogP contribution in [0.3, 0.4) is 0 Å². The molecule has 3 heterocycles. The zero-order chi connectivity index (χ0) is 14.8. The van der Waals surface area contributed by atoms with Crippen molar-refractivity contribution in [2.75, 3.05) is 5.73 Å². The first-order valence-electron chi connectivity index (χ1n) is 6.13. The summed E-state index contributed by atoms with van der Waals surface area (Å²) in [4.78, 5) is 12.0. The molecule has 0 atom stereocenters. The molecular weight excluding hydrogens is 291 g/mol. The molecule has 0 aliphatic carbocycles. The lowest BCUT2D eigenvalue weighted by molar-refractivity contribution is 0.625. The van der Waals surface area contributed by atoms with E-state index < -0.39 is 5.82 Å². The first kappa shape index (κ1) is 13.5. The number of hydrogen-bond acceptors (Lipinski definition) is 4. The van der Waals surface area contributed by atoms with Gasteiger partial charge < -0.3 is 5.73 Å². The van der Waals surface area contributed by atoms with Crippen LogP contribution in [0.5, 0.6) is 0 Å². The van der Waals surface area contributed by atoms with Crippen LogP contribution in [0, 0.1) is 5.82 Å². The summed E-state index contributed by atoms with van der Waals surface area (Å²) < 4.78 is 14.0. The van der Waals surface area contributed by atoms with Crippen molar-refractivity contribution in [3.05, 3.63) is 59.9 Å². The number of nitrogens with zero attached hydrogens (tertiary/aromatic N) is 3. The van der Waals surface area contributed by atoms with Gasteiger partial charge in [0.15, 0.2) is 0 Å². The van der Waals surface area contributed by atoms with E-state index in [0.717, 1.165) is 11.8 Å². The Morgan fingerprint density at radius 1 is 1.00 bits per heavy atom. The monoisotopic (exact) mass is 300 g/mol. The lowest BCUT2D eigenvalue weighted by Gasteiger charge is -2.11. The Hall–Kier alpha value is -2.53. The van der Waals surface area contributed by atoms with Gasteiger partial charge in [-0.3, -0.25) is 9.97 Å². The molecule has 0 fully saturated rings. The maximum absolute atomic E-state index is 14.0. The molecule has 3 aromatic heterocycles. The van der Waals surface area contributed by atoms with Gasteiger partial charge >= 0.3 is 0 Å². The fourth-order valence-electron chi connectivity index (χ4n) is 2.03. The van der Waals surface area contributed by atoms with E-state index in [1.807, 2.05) is 0 Å². The lowest BCUT2D eigenvalue weighted by Crippen LogP contribution is -1.98. The zero-order valence-corrected chi connectivity index (χ0v) is 11.5. The fourth-order valence-corrected chi connectivity index (χ4v) is 2.18. The van der Waals surface area contributed by atoms with Crippen LogP contribution in [-0.2, 0) is 0 Å². The molecular formula is C15H10ClFN4. The highest BCUT2D eigenvalue weighted by molar-refractivity contribution is 6.33. The molecule has 0 aromatic carbocycles. The average Bonchev–Trinajstić information content (AvgIpc) is 2.51. The molecule has 0 unspecified atom stereocenters. The van der Waals surface area contributed by atoms with E-state index in [0.29, 0.717) is 16.8 Å². The smallest absolute Gasteiger partial charge is 0.149 e. The van der Waals surface area contributed by atoms with Crippen LogP contribution >= 0.6 is 11.6 Å². The molecule has 0 bridgehead atoms. The van der Waals surface area contributed by atoms with E-state index in [9.17, 15) is 4.39 Å². The van der Waals surface area contributed by atoms with Gasteiger partial charge in [0.25, 0.3) is 0 Å². The molecule has 21 heavy (non-hydrogen) atoms. The highest BCUT2D eigenvalue weighted by Crippen LogP contribution is 2.35. The lowest BCUT2D eigenvalue weighted by atomic mass is 10.0. The van der Waals surface area contributed by atoms with Crippen molar-refractivity contribution in [3.63, 3.8) is 0 Å². The SMILES string of the molecule is Nc1nc(-c2ccncc2)c(-c2ccncc2F)cc1Cl. The van der Waals surface area contributed by atoms with Crippen molar-refractivity contribution in [2.24, 2.45) is 0 Å². The molecule has 0 aliphatic rings. The van der Waals surface area contributed by atoms with E-state index in [2.05, 4.69) is 15.0 Å². The average molecular weight is 301 g/mol. The topological polar surface area (TPSA) is 64.7 Å². The Bertz CT molecular complexity index is 793. The van der Waals surface area contributed by atoms with Crippen molar-refractivity contribution in [3.8, 4) is 22.4 Å². The standard InChI is InChI=1S/C15H10ClFN4/c16-12-7-11(10-3-6-20-8-13(10)17)14(21-15(12)18)9-1-4-19-5-2-9/h1-8H,(H2,18,21). The van der Waals surface area contributed by atoms with Gasteiger partial charge in [0.05, 0.1) is 16.9 Å². The largest absolute Gasteiger partial charge is 0.382 e. The van der Waals surface area contributed by atoms with Gasteiger partial charge in [0.2, 0.25) is 0 Å². The summed E-state index contributed by atoms with van der Waals surface area (Å²) >= 11 is 6.04. The summed E-state index contributed by atoms with van der Waals surface area (Å²) in [6.45, 7) is 0. The minimum absolute atomic E-state index is 0.196. The van der Waals surface area contributed by atoms with Gasteiger partial charge in [0, 0.05) is 35.3 Å².